The van der Waals surface area contributed by atoms with Gasteiger partial charge in [0.05, 0.1) is 0 Å². The van der Waals surface area contributed by atoms with Gasteiger partial charge in [0, 0.05) is 19.1 Å². The molecule has 0 radical (unpaired) electrons. The van der Waals surface area contributed by atoms with Gasteiger partial charge in [0.15, 0.2) is 0 Å². The van der Waals surface area contributed by atoms with Crippen LogP contribution in [-0.4, -0.2) is 52.6 Å². The summed E-state index contributed by atoms with van der Waals surface area (Å²) < 4.78 is 5.43. The quantitative estimate of drug-likeness (QED) is 0.801. The van der Waals surface area contributed by atoms with Gasteiger partial charge in [-0.2, -0.15) is 0 Å². The maximum Gasteiger partial charge on any atom is 0.410 e. The molecule has 2 atom stereocenters. The largest absolute Gasteiger partial charge is 0.444 e. The Morgan fingerprint density at radius 2 is 1.95 bits per heavy atom. The molecule has 0 saturated carbocycles. The molecule has 0 aromatic heterocycles. The van der Waals surface area contributed by atoms with Crippen molar-refractivity contribution < 1.29 is 14.3 Å². The highest BCUT2D eigenvalue weighted by Gasteiger charge is 2.36. The van der Waals surface area contributed by atoms with Crippen LogP contribution in [0.4, 0.5) is 4.79 Å². The molecule has 2 amide bonds. The Balaban J connectivity index is 2.84. The van der Waals surface area contributed by atoms with Crippen LogP contribution < -0.4 is 0 Å². The monoisotopic (exact) mass is 298 g/mol. The predicted molar refractivity (Wildman–Crippen MR) is 83.1 cm³/mol. The summed E-state index contributed by atoms with van der Waals surface area (Å²) in [5.74, 6) is 0.0511. The molecule has 1 heterocycles. The van der Waals surface area contributed by atoms with Crippen LogP contribution in [0.1, 0.15) is 60.8 Å². The second-order valence-electron chi connectivity index (χ2n) is 6.71. The molecule has 1 rings (SSSR count). The van der Waals surface area contributed by atoms with Gasteiger partial charge in [-0.3, -0.25) is 9.69 Å². The van der Waals surface area contributed by atoms with E-state index in [2.05, 4.69) is 6.92 Å². The number of carbonyl (C=O) groups excluding carboxylic acids is 2. The molecule has 0 aromatic rings. The van der Waals surface area contributed by atoms with Crippen molar-refractivity contribution in [1.82, 2.24) is 9.80 Å². The molecule has 1 fully saturated rings. The molecule has 0 bridgehead atoms. The van der Waals surface area contributed by atoms with E-state index in [0.29, 0.717) is 13.0 Å². The van der Waals surface area contributed by atoms with Gasteiger partial charge in [-0.15, -0.1) is 0 Å². The second kappa shape index (κ2) is 7.14. The van der Waals surface area contributed by atoms with E-state index in [-0.39, 0.29) is 11.9 Å². The summed E-state index contributed by atoms with van der Waals surface area (Å²) in [7, 11) is 0. The normalized spacial score (nSPS) is 20.3. The minimum Gasteiger partial charge on any atom is -0.444 e. The number of amides is 2. The summed E-state index contributed by atoms with van der Waals surface area (Å²) >= 11 is 0. The van der Waals surface area contributed by atoms with E-state index in [1.165, 1.54) is 0 Å². The van der Waals surface area contributed by atoms with Crippen molar-refractivity contribution in [2.24, 2.45) is 0 Å². The average molecular weight is 298 g/mol. The number of hydrogen-bond donors (Lipinski definition) is 0. The topological polar surface area (TPSA) is 49.9 Å². The summed E-state index contributed by atoms with van der Waals surface area (Å²) in [4.78, 5) is 28.5. The maximum atomic E-state index is 12.7. The first-order chi connectivity index (χ1) is 9.71. The Kier molecular flexibility index (Phi) is 6.05. The van der Waals surface area contributed by atoms with Crippen molar-refractivity contribution in [2.75, 3.05) is 13.1 Å². The standard InChI is InChI=1S/C16H30N2O3/c1-7-13(14(19)18-11-9-10-12(18)3)17(8-2)15(20)21-16(4,5)6/h12-13H,7-11H2,1-6H3. The number of likely N-dealkylation sites (tertiary alicyclic amines) is 1. The van der Waals surface area contributed by atoms with Gasteiger partial charge in [0.2, 0.25) is 5.91 Å². The first-order valence-corrected chi connectivity index (χ1v) is 8.01. The Hall–Kier alpha value is -1.26. The molecule has 5 nitrogen and oxygen atoms in total. The molecular formula is C16H30N2O3. The number of likely N-dealkylation sites (N-methyl/N-ethyl adjacent to an activating group) is 1. The molecule has 1 aliphatic heterocycles. The second-order valence-corrected chi connectivity index (χ2v) is 6.71. The lowest BCUT2D eigenvalue weighted by molar-refractivity contribution is -0.137. The Bertz CT molecular complexity index is 376. The Morgan fingerprint density at radius 3 is 2.33 bits per heavy atom. The van der Waals surface area contributed by atoms with Gasteiger partial charge in [-0.1, -0.05) is 6.92 Å². The van der Waals surface area contributed by atoms with E-state index >= 15 is 0 Å². The highest BCUT2D eigenvalue weighted by Crippen LogP contribution is 2.21. The van der Waals surface area contributed by atoms with E-state index in [1.807, 2.05) is 39.5 Å². The summed E-state index contributed by atoms with van der Waals surface area (Å²) in [6, 6.07) is -0.158. The lowest BCUT2D eigenvalue weighted by Crippen LogP contribution is -2.52. The zero-order valence-electron chi connectivity index (χ0n) is 14.3. The average Bonchev–Trinajstić information content (AvgIpc) is 2.78. The lowest BCUT2D eigenvalue weighted by Gasteiger charge is -2.34. The van der Waals surface area contributed by atoms with Crippen LogP contribution >= 0.6 is 0 Å². The molecular weight excluding hydrogens is 268 g/mol. The van der Waals surface area contributed by atoms with Crippen molar-refractivity contribution in [1.29, 1.82) is 0 Å². The minimum absolute atomic E-state index is 0.0511. The first kappa shape index (κ1) is 17.8. The minimum atomic E-state index is -0.549. The number of ether oxygens (including phenoxy) is 1. The molecule has 122 valence electrons. The molecule has 1 aliphatic rings. The molecule has 0 aliphatic carbocycles. The lowest BCUT2D eigenvalue weighted by atomic mass is 10.1. The molecule has 0 spiro atoms. The van der Waals surface area contributed by atoms with Crippen LogP contribution in [0.5, 0.6) is 0 Å². The van der Waals surface area contributed by atoms with Crippen LogP contribution in [0.3, 0.4) is 0 Å². The molecule has 1 saturated heterocycles. The smallest absolute Gasteiger partial charge is 0.410 e. The van der Waals surface area contributed by atoms with Crippen LogP contribution in [-0.2, 0) is 9.53 Å². The third-order valence-corrected chi connectivity index (χ3v) is 3.85. The van der Waals surface area contributed by atoms with E-state index in [4.69, 9.17) is 4.74 Å². The van der Waals surface area contributed by atoms with Crippen molar-refractivity contribution in [3.05, 3.63) is 0 Å². The molecule has 0 aromatic carbocycles. The van der Waals surface area contributed by atoms with E-state index in [0.717, 1.165) is 19.4 Å². The van der Waals surface area contributed by atoms with E-state index in [1.54, 1.807) is 4.90 Å². The molecule has 5 heteroatoms. The van der Waals surface area contributed by atoms with Crippen LogP contribution in [0, 0.1) is 0 Å². The third kappa shape index (κ3) is 4.61. The molecule has 2 unspecified atom stereocenters. The Labute approximate surface area is 128 Å². The fraction of sp³-hybridized carbons (Fsp3) is 0.875. The van der Waals surface area contributed by atoms with Crippen molar-refractivity contribution in [3.8, 4) is 0 Å². The van der Waals surface area contributed by atoms with Crippen LogP contribution in [0.25, 0.3) is 0 Å². The Morgan fingerprint density at radius 1 is 1.33 bits per heavy atom. The van der Waals surface area contributed by atoms with Crippen LogP contribution in [0.15, 0.2) is 0 Å². The summed E-state index contributed by atoms with van der Waals surface area (Å²) in [6.45, 7) is 12.7. The fourth-order valence-corrected chi connectivity index (χ4v) is 2.78. The van der Waals surface area contributed by atoms with E-state index in [9.17, 15) is 9.59 Å². The summed E-state index contributed by atoms with van der Waals surface area (Å²) in [5, 5.41) is 0. The number of hydrogen-bond acceptors (Lipinski definition) is 3. The highest BCUT2D eigenvalue weighted by molar-refractivity contribution is 5.86. The summed E-state index contributed by atoms with van der Waals surface area (Å²) in [5.41, 5.74) is -0.549. The number of nitrogens with zero attached hydrogens (tertiary/aromatic N) is 2. The van der Waals surface area contributed by atoms with Gasteiger partial charge in [-0.05, 0) is 53.9 Å². The predicted octanol–water partition coefficient (Wildman–Crippen LogP) is 3.03. The fourth-order valence-electron chi connectivity index (χ4n) is 2.78. The molecule has 0 N–H and O–H groups in total. The maximum absolute atomic E-state index is 12.7. The number of rotatable bonds is 4. The third-order valence-electron chi connectivity index (χ3n) is 3.85. The van der Waals surface area contributed by atoms with Gasteiger partial charge in [-0.25, -0.2) is 4.79 Å². The first-order valence-electron chi connectivity index (χ1n) is 8.01. The zero-order valence-corrected chi connectivity index (χ0v) is 14.3. The zero-order chi connectivity index (χ0) is 16.2. The van der Waals surface area contributed by atoms with Gasteiger partial charge < -0.3 is 9.64 Å². The van der Waals surface area contributed by atoms with Crippen molar-refractivity contribution >= 4 is 12.0 Å². The van der Waals surface area contributed by atoms with Crippen LogP contribution in [0.2, 0.25) is 0 Å². The van der Waals surface area contributed by atoms with Crippen molar-refractivity contribution in [2.45, 2.75) is 78.5 Å². The number of carbonyl (C=O) groups is 2. The highest BCUT2D eigenvalue weighted by atomic mass is 16.6. The van der Waals surface area contributed by atoms with Gasteiger partial charge in [0.1, 0.15) is 11.6 Å². The van der Waals surface area contributed by atoms with E-state index < -0.39 is 17.7 Å². The summed E-state index contributed by atoms with van der Waals surface area (Å²) in [6.07, 6.45) is 2.29. The molecule has 21 heavy (non-hydrogen) atoms. The van der Waals surface area contributed by atoms with Crippen molar-refractivity contribution in [3.63, 3.8) is 0 Å². The van der Waals surface area contributed by atoms with Gasteiger partial charge >= 0.3 is 6.09 Å². The SMILES string of the molecule is CCC(C(=O)N1CCCC1C)N(CC)C(=O)OC(C)(C)C. The van der Waals surface area contributed by atoms with Gasteiger partial charge in [0.25, 0.3) is 0 Å².